The fourth-order valence-electron chi connectivity index (χ4n) is 3.76. The highest BCUT2D eigenvalue weighted by atomic mass is 16.2. The van der Waals surface area contributed by atoms with Crippen molar-refractivity contribution < 1.29 is 4.79 Å². The Morgan fingerprint density at radius 3 is 2.19 bits per heavy atom. The molecule has 2 atom stereocenters. The molecule has 4 nitrogen and oxygen atoms in total. The molecule has 1 aliphatic heterocycles. The van der Waals surface area contributed by atoms with Crippen molar-refractivity contribution in [1.82, 2.24) is 10.2 Å². The molecule has 0 aromatic carbocycles. The van der Waals surface area contributed by atoms with Crippen LogP contribution >= 0.6 is 0 Å². The normalized spacial score (nSPS) is 19.1. The van der Waals surface area contributed by atoms with Crippen molar-refractivity contribution in [2.75, 3.05) is 19.6 Å². The maximum Gasteiger partial charge on any atom is 0.227 e. The molecule has 0 saturated carbocycles. The van der Waals surface area contributed by atoms with Gasteiger partial charge in [-0.3, -0.25) is 15.1 Å². The molecule has 0 saturated heterocycles. The number of carbonyl (C=O) groups is 1. The first-order valence-corrected chi connectivity index (χ1v) is 11.7. The Morgan fingerprint density at radius 2 is 1.59 bits per heavy atom. The van der Waals surface area contributed by atoms with Crippen LogP contribution in [-0.4, -0.2) is 42.8 Å². The minimum atomic E-state index is 0.0462. The molecule has 1 heterocycles. The zero-order chi connectivity index (χ0) is 19.7. The molecular formula is C23H45N3O. The topological polar surface area (TPSA) is 44.7 Å². The van der Waals surface area contributed by atoms with Crippen molar-refractivity contribution in [3.8, 4) is 0 Å². The van der Waals surface area contributed by atoms with Gasteiger partial charge in [-0.25, -0.2) is 0 Å². The van der Waals surface area contributed by atoms with Crippen molar-refractivity contribution >= 4 is 12.1 Å². The van der Waals surface area contributed by atoms with Crippen LogP contribution in [-0.2, 0) is 4.79 Å². The second-order valence-electron chi connectivity index (χ2n) is 8.28. The summed E-state index contributed by atoms with van der Waals surface area (Å²) in [6, 6.07) is 0. The molecular weight excluding hydrogens is 334 g/mol. The molecule has 0 spiro atoms. The third kappa shape index (κ3) is 11.5. The van der Waals surface area contributed by atoms with E-state index < -0.39 is 0 Å². The summed E-state index contributed by atoms with van der Waals surface area (Å²) >= 11 is 0. The standard InChI is InChI=1S/C23H45N3O/c1-4-5-6-7-8-9-10-11-12-13-14-15-17-25-22(3)26-20-19-24-18-16-21(2)23(26)27/h18,21-22,25H,4-17,19-20H2,1-3H3. The molecule has 0 radical (unpaired) electrons. The van der Waals surface area contributed by atoms with Gasteiger partial charge in [0.2, 0.25) is 5.91 Å². The first-order chi connectivity index (χ1) is 13.2. The fraction of sp³-hybridized carbons (Fsp3) is 0.913. The average Bonchev–Trinajstić information content (AvgIpc) is 2.66. The van der Waals surface area contributed by atoms with Crippen LogP contribution in [0.2, 0.25) is 0 Å². The molecule has 0 aromatic heterocycles. The number of hydrogen-bond acceptors (Lipinski definition) is 3. The first kappa shape index (κ1) is 24.1. The molecule has 1 N–H and O–H groups in total. The lowest BCUT2D eigenvalue weighted by Crippen LogP contribution is -2.50. The highest BCUT2D eigenvalue weighted by Gasteiger charge is 2.24. The number of aliphatic imine (C=N–C) groups is 1. The van der Waals surface area contributed by atoms with Crippen LogP contribution in [0.25, 0.3) is 0 Å². The summed E-state index contributed by atoms with van der Waals surface area (Å²) in [5, 5.41) is 3.54. The highest BCUT2D eigenvalue weighted by Crippen LogP contribution is 2.13. The van der Waals surface area contributed by atoms with E-state index in [0.29, 0.717) is 0 Å². The summed E-state index contributed by atoms with van der Waals surface area (Å²) in [5.74, 6) is 0.306. The Balaban J connectivity index is 1.98. The number of nitrogens with zero attached hydrogens (tertiary/aromatic N) is 2. The van der Waals surface area contributed by atoms with Crippen LogP contribution in [0.4, 0.5) is 0 Å². The first-order valence-electron chi connectivity index (χ1n) is 11.7. The molecule has 1 amide bonds. The number of rotatable bonds is 15. The monoisotopic (exact) mass is 379 g/mol. The zero-order valence-corrected chi connectivity index (χ0v) is 18.3. The maximum atomic E-state index is 12.5. The highest BCUT2D eigenvalue weighted by molar-refractivity contribution is 5.82. The van der Waals surface area contributed by atoms with Gasteiger partial charge in [0.05, 0.1) is 12.7 Å². The number of hydrogen-bond donors (Lipinski definition) is 1. The van der Waals surface area contributed by atoms with Gasteiger partial charge in [0.15, 0.2) is 0 Å². The van der Waals surface area contributed by atoms with Crippen molar-refractivity contribution in [2.24, 2.45) is 10.9 Å². The molecule has 1 aliphatic rings. The lowest BCUT2D eigenvalue weighted by molar-refractivity contribution is -0.137. The van der Waals surface area contributed by atoms with Gasteiger partial charge in [-0.15, -0.1) is 0 Å². The van der Waals surface area contributed by atoms with Crippen molar-refractivity contribution in [3.63, 3.8) is 0 Å². The van der Waals surface area contributed by atoms with Gasteiger partial charge in [-0.1, -0.05) is 84.5 Å². The number of carbonyl (C=O) groups excluding carboxylic acids is 1. The third-order valence-corrected chi connectivity index (χ3v) is 5.70. The molecule has 27 heavy (non-hydrogen) atoms. The Kier molecular flexibility index (Phi) is 14.4. The lowest BCUT2D eigenvalue weighted by Gasteiger charge is -2.32. The molecule has 0 aliphatic carbocycles. The van der Waals surface area contributed by atoms with Crippen molar-refractivity contribution in [2.45, 2.75) is 110 Å². The molecule has 0 fully saturated rings. The average molecular weight is 380 g/mol. The second kappa shape index (κ2) is 16.1. The summed E-state index contributed by atoms with van der Waals surface area (Å²) in [7, 11) is 0. The summed E-state index contributed by atoms with van der Waals surface area (Å²) in [5.41, 5.74) is 0. The van der Waals surface area contributed by atoms with E-state index in [2.05, 4.69) is 24.2 Å². The van der Waals surface area contributed by atoms with Crippen LogP contribution in [0.1, 0.15) is 104 Å². The van der Waals surface area contributed by atoms with Gasteiger partial charge in [-0.2, -0.15) is 0 Å². The van der Waals surface area contributed by atoms with Gasteiger partial charge in [-0.05, 0) is 32.5 Å². The van der Waals surface area contributed by atoms with E-state index in [4.69, 9.17) is 0 Å². The summed E-state index contributed by atoms with van der Waals surface area (Å²) in [6.07, 6.45) is 19.3. The Labute approximate surface area is 168 Å². The van der Waals surface area contributed by atoms with E-state index in [0.717, 1.165) is 26.1 Å². The minimum Gasteiger partial charge on any atom is -0.325 e. The molecule has 0 bridgehead atoms. The lowest BCUT2D eigenvalue weighted by atomic mass is 10.1. The van der Waals surface area contributed by atoms with Crippen molar-refractivity contribution in [3.05, 3.63) is 0 Å². The predicted molar refractivity (Wildman–Crippen MR) is 117 cm³/mol. The molecule has 1 rings (SSSR count). The predicted octanol–water partition coefficient (Wildman–Crippen LogP) is 5.56. The van der Waals surface area contributed by atoms with Crippen molar-refractivity contribution in [1.29, 1.82) is 0 Å². The van der Waals surface area contributed by atoms with E-state index in [9.17, 15) is 4.79 Å². The molecule has 2 unspecified atom stereocenters. The van der Waals surface area contributed by atoms with E-state index >= 15 is 0 Å². The Bertz CT molecular complexity index is 397. The second-order valence-corrected chi connectivity index (χ2v) is 8.28. The maximum absolute atomic E-state index is 12.5. The van der Waals surface area contributed by atoms with Crippen LogP contribution in [0.5, 0.6) is 0 Å². The largest absolute Gasteiger partial charge is 0.325 e. The van der Waals surface area contributed by atoms with E-state index in [1.165, 1.54) is 77.0 Å². The summed E-state index contributed by atoms with van der Waals surface area (Å²) in [4.78, 5) is 18.8. The van der Waals surface area contributed by atoms with Crippen LogP contribution in [0.3, 0.4) is 0 Å². The SMILES string of the molecule is CCCCCCCCCCCCCCNC(C)N1CCN=CCC(C)C1=O. The van der Waals surface area contributed by atoms with Crippen LogP contribution in [0.15, 0.2) is 4.99 Å². The van der Waals surface area contributed by atoms with Gasteiger partial charge in [0.1, 0.15) is 0 Å². The number of amides is 1. The Morgan fingerprint density at radius 1 is 1.04 bits per heavy atom. The van der Waals surface area contributed by atoms with Gasteiger partial charge in [0.25, 0.3) is 0 Å². The van der Waals surface area contributed by atoms with Gasteiger partial charge >= 0.3 is 0 Å². The molecule has 0 aromatic rings. The third-order valence-electron chi connectivity index (χ3n) is 5.70. The summed E-state index contributed by atoms with van der Waals surface area (Å²) in [6.45, 7) is 8.84. The molecule has 4 heteroatoms. The van der Waals surface area contributed by atoms with E-state index in [-0.39, 0.29) is 18.0 Å². The van der Waals surface area contributed by atoms with Crippen LogP contribution < -0.4 is 5.32 Å². The minimum absolute atomic E-state index is 0.0462. The quantitative estimate of drug-likeness (QED) is 0.378. The van der Waals surface area contributed by atoms with E-state index in [1.54, 1.807) is 0 Å². The molecule has 158 valence electrons. The zero-order valence-electron chi connectivity index (χ0n) is 18.3. The van der Waals surface area contributed by atoms with Gasteiger partial charge in [0, 0.05) is 12.5 Å². The number of unbranched alkanes of at least 4 members (excludes halogenated alkanes) is 11. The van der Waals surface area contributed by atoms with Gasteiger partial charge < -0.3 is 4.90 Å². The smallest absolute Gasteiger partial charge is 0.227 e. The summed E-state index contributed by atoms with van der Waals surface area (Å²) < 4.78 is 0. The van der Waals surface area contributed by atoms with Crippen LogP contribution in [0, 0.1) is 5.92 Å². The fourth-order valence-corrected chi connectivity index (χ4v) is 3.76. The number of nitrogens with one attached hydrogen (secondary N) is 1. The Hall–Kier alpha value is -0.900. The van der Waals surface area contributed by atoms with E-state index in [1.807, 2.05) is 18.0 Å².